The zero-order valence-electron chi connectivity index (χ0n) is 16.7. The second kappa shape index (κ2) is 10.7. The SMILES string of the molecule is CCNC(=NCc1cc(F)cc2c1OCOC2)NC(C)c1ccc(C)c(F)c1.I. The van der Waals surface area contributed by atoms with Gasteiger partial charge in [0.2, 0.25) is 0 Å². The highest BCUT2D eigenvalue weighted by atomic mass is 127. The molecule has 2 N–H and O–H groups in total. The maximum Gasteiger partial charge on any atom is 0.192 e. The molecule has 0 spiro atoms. The average Bonchev–Trinajstić information content (AvgIpc) is 2.68. The van der Waals surface area contributed by atoms with Crippen molar-refractivity contribution in [2.24, 2.45) is 4.99 Å². The Kier molecular flexibility index (Phi) is 8.63. The van der Waals surface area contributed by atoms with Crippen LogP contribution in [0.3, 0.4) is 0 Å². The van der Waals surface area contributed by atoms with Gasteiger partial charge in [-0.25, -0.2) is 13.8 Å². The molecule has 1 heterocycles. The minimum atomic E-state index is -0.348. The molecule has 29 heavy (non-hydrogen) atoms. The molecule has 0 radical (unpaired) electrons. The molecule has 2 aromatic rings. The van der Waals surface area contributed by atoms with Gasteiger partial charge in [-0.15, -0.1) is 24.0 Å². The largest absolute Gasteiger partial charge is 0.467 e. The van der Waals surface area contributed by atoms with E-state index < -0.39 is 0 Å². The van der Waals surface area contributed by atoms with E-state index in [9.17, 15) is 8.78 Å². The number of guanidine groups is 1. The molecule has 0 aliphatic carbocycles. The third-order valence-electron chi connectivity index (χ3n) is 4.55. The maximum atomic E-state index is 13.9. The van der Waals surface area contributed by atoms with Crippen molar-refractivity contribution in [3.05, 3.63) is 64.2 Å². The molecule has 0 aromatic heterocycles. The molecule has 8 heteroatoms. The molecule has 1 unspecified atom stereocenters. The van der Waals surface area contributed by atoms with Crippen molar-refractivity contribution in [1.82, 2.24) is 10.6 Å². The van der Waals surface area contributed by atoms with Crippen LogP contribution in [0.15, 0.2) is 35.3 Å². The van der Waals surface area contributed by atoms with Gasteiger partial charge in [-0.2, -0.15) is 0 Å². The van der Waals surface area contributed by atoms with Crippen molar-refractivity contribution >= 4 is 29.9 Å². The van der Waals surface area contributed by atoms with Crippen molar-refractivity contribution in [3.8, 4) is 5.75 Å². The molecule has 5 nitrogen and oxygen atoms in total. The van der Waals surface area contributed by atoms with Gasteiger partial charge in [0.15, 0.2) is 12.8 Å². The fourth-order valence-corrected chi connectivity index (χ4v) is 3.03. The van der Waals surface area contributed by atoms with Gasteiger partial charge < -0.3 is 20.1 Å². The molecule has 0 saturated carbocycles. The first-order valence-electron chi connectivity index (χ1n) is 9.30. The van der Waals surface area contributed by atoms with Crippen LogP contribution in [-0.4, -0.2) is 19.3 Å². The third kappa shape index (κ3) is 6.02. The first-order valence-corrected chi connectivity index (χ1v) is 9.30. The summed E-state index contributed by atoms with van der Waals surface area (Å²) in [5, 5.41) is 6.42. The Morgan fingerprint density at radius 1 is 1.24 bits per heavy atom. The number of fused-ring (bicyclic) bond motifs is 1. The van der Waals surface area contributed by atoms with Crippen LogP contribution in [0.4, 0.5) is 8.78 Å². The lowest BCUT2D eigenvalue weighted by atomic mass is 10.1. The van der Waals surface area contributed by atoms with Gasteiger partial charge in [-0.05, 0) is 50.1 Å². The smallest absolute Gasteiger partial charge is 0.192 e. The van der Waals surface area contributed by atoms with E-state index in [0.717, 1.165) is 5.56 Å². The Bertz CT molecular complexity index is 877. The van der Waals surface area contributed by atoms with Crippen molar-refractivity contribution in [2.45, 2.75) is 40.0 Å². The molecule has 0 fully saturated rings. The summed E-state index contributed by atoms with van der Waals surface area (Å²) in [7, 11) is 0. The number of benzene rings is 2. The summed E-state index contributed by atoms with van der Waals surface area (Å²) < 4.78 is 38.5. The molecule has 0 bridgehead atoms. The summed E-state index contributed by atoms with van der Waals surface area (Å²) in [6, 6.07) is 7.85. The zero-order chi connectivity index (χ0) is 20.1. The highest BCUT2D eigenvalue weighted by molar-refractivity contribution is 14.0. The van der Waals surface area contributed by atoms with Crippen LogP contribution in [0.25, 0.3) is 0 Å². The first kappa shape index (κ1) is 23.3. The molecule has 1 aliphatic heterocycles. The summed E-state index contributed by atoms with van der Waals surface area (Å²) in [5.41, 5.74) is 2.76. The Balaban J connectivity index is 0.00000300. The van der Waals surface area contributed by atoms with E-state index in [4.69, 9.17) is 9.47 Å². The van der Waals surface area contributed by atoms with E-state index in [1.54, 1.807) is 13.0 Å². The van der Waals surface area contributed by atoms with Gasteiger partial charge in [0.1, 0.15) is 17.4 Å². The second-order valence-electron chi connectivity index (χ2n) is 6.73. The molecule has 2 aromatic carbocycles. The summed E-state index contributed by atoms with van der Waals surface area (Å²) in [4.78, 5) is 4.55. The minimum absolute atomic E-state index is 0. The van der Waals surface area contributed by atoms with Gasteiger partial charge in [-0.1, -0.05) is 12.1 Å². The number of hydrogen-bond donors (Lipinski definition) is 2. The Morgan fingerprint density at radius 3 is 2.76 bits per heavy atom. The molecule has 0 saturated heterocycles. The first-order chi connectivity index (χ1) is 13.5. The lowest BCUT2D eigenvalue weighted by Gasteiger charge is -2.21. The van der Waals surface area contributed by atoms with Crippen LogP contribution < -0.4 is 15.4 Å². The zero-order valence-corrected chi connectivity index (χ0v) is 19.1. The number of aryl methyl sites for hydroxylation is 1. The topological polar surface area (TPSA) is 54.9 Å². The fourth-order valence-electron chi connectivity index (χ4n) is 3.03. The number of aliphatic imine (C=N–C) groups is 1. The van der Waals surface area contributed by atoms with Gasteiger partial charge in [0, 0.05) is 17.7 Å². The highest BCUT2D eigenvalue weighted by Crippen LogP contribution is 2.30. The fraction of sp³-hybridized carbons (Fsp3) is 0.381. The van der Waals surface area contributed by atoms with Gasteiger partial charge in [-0.3, -0.25) is 0 Å². The predicted octanol–water partition coefficient (Wildman–Crippen LogP) is 4.57. The van der Waals surface area contributed by atoms with Crippen LogP contribution in [0.5, 0.6) is 5.75 Å². The second-order valence-corrected chi connectivity index (χ2v) is 6.73. The minimum Gasteiger partial charge on any atom is -0.467 e. The van der Waals surface area contributed by atoms with E-state index in [0.29, 0.717) is 41.6 Å². The van der Waals surface area contributed by atoms with E-state index in [1.165, 1.54) is 18.2 Å². The summed E-state index contributed by atoms with van der Waals surface area (Å²) >= 11 is 0. The molecule has 1 aliphatic rings. The Hall–Kier alpha value is -1.94. The summed E-state index contributed by atoms with van der Waals surface area (Å²) in [5.74, 6) is 0.598. The van der Waals surface area contributed by atoms with Gasteiger partial charge in [0.05, 0.1) is 19.2 Å². The van der Waals surface area contributed by atoms with Crippen LogP contribution in [0.1, 0.15) is 42.1 Å². The van der Waals surface area contributed by atoms with Crippen molar-refractivity contribution in [3.63, 3.8) is 0 Å². The number of ether oxygens (including phenoxy) is 2. The van der Waals surface area contributed by atoms with E-state index >= 15 is 0 Å². The van der Waals surface area contributed by atoms with Crippen LogP contribution in [0.2, 0.25) is 0 Å². The molecule has 3 rings (SSSR count). The van der Waals surface area contributed by atoms with Gasteiger partial charge in [0.25, 0.3) is 0 Å². The number of nitrogens with one attached hydrogen (secondary N) is 2. The maximum absolute atomic E-state index is 13.9. The van der Waals surface area contributed by atoms with Crippen molar-refractivity contribution in [2.75, 3.05) is 13.3 Å². The monoisotopic (exact) mass is 517 g/mol. The van der Waals surface area contributed by atoms with Gasteiger partial charge >= 0.3 is 0 Å². The molecule has 158 valence electrons. The molecule has 0 amide bonds. The number of halogens is 3. The highest BCUT2D eigenvalue weighted by Gasteiger charge is 2.17. The molecular weight excluding hydrogens is 491 g/mol. The molecule has 1 atom stereocenters. The predicted molar refractivity (Wildman–Crippen MR) is 120 cm³/mol. The average molecular weight is 517 g/mol. The van der Waals surface area contributed by atoms with Crippen LogP contribution in [0, 0.1) is 18.6 Å². The third-order valence-corrected chi connectivity index (χ3v) is 4.55. The quantitative estimate of drug-likeness (QED) is 0.347. The summed E-state index contributed by atoms with van der Waals surface area (Å²) in [6.45, 7) is 6.98. The Morgan fingerprint density at radius 2 is 2.03 bits per heavy atom. The van der Waals surface area contributed by atoms with Crippen molar-refractivity contribution in [1.29, 1.82) is 0 Å². The number of hydrogen-bond acceptors (Lipinski definition) is 3. The van der Waals surface area contributed by atoms with E-state index in [2.05, 4.69) is 15.6 Å². The lowest BCUT2D eigenvalue weighted by molar-refractivity contribution is -0.0172. The number of rotatable bonds is 5. The normalized spacial score (nSPS) is 14.3. The lowest BCUT2D eigenvalue weighted by Crippen LogP contribution is -2.38. The van der Waals surface area contributed by atoms with Crippen LogP contribution in [-0.2, 0) is 17.9 Å². The standard InChI is InChI=1S/C21H25F2N3O2.HI/c1-4-24-21(26-14(3)15-6-5-13(2)19(23)9-15)25-10-16-7-18(22)8-17-11-27-12-28-20(16)17;/h5-9,14H,4,10-12H2,1-3H3,(H2,24,25,26);1H. The number of nitrogens with zero attached hydrogens (tertiary/aromatic N) is 1. The van der Waals surface area contributed by atoms with E-state index in [1.807, 2.05) is 19.9 Å². The van der Waals surface area contributed by atoms with E-state index in [-0.39, 0.29) is 55.0 Å². The van der Waals surface area contributed by atoms with Crippen molar-refractivity contribution < 1.29 is 18.3 Å². The van der Waals surface area contributed by atoms with Crippen LogP contribution >= 0.6 is 24.0 Å². The Labute approximate surface area is 186 Å². The molecular formula is C21H26F2IN3O2. The summed E-state index contributed by atoms with van der Waals surface area (Å²) in [6.07, 6.45) is 0.